The van der Waals surface area contributed by atoms with E-state index in [1.54, 1.807) is 24.3 Å². The minimum atomic E-state index is -0.476. The number of halogens is 1. The molecule has 2 rings (SSSR count). The lowest BCUT2D eigenvalue weighted by molar-refractivity contribution is -0.118. The first-order valence-electron chi connectivity index (χ1n) is 11.5. The number of aryl methyl sites for hydroxylation is 1. The number of ether oxygens (including phenoxy) is 1. The minimum Gasteiger partial charge on any atom is -0.484 e. The third-order valence-electron chi connectivity index (χ3n) is 5.18. The van der Waals surface area contributed by atoms with Gasteiger partial charge in [0.05, 0.1) is 0 Å². The minimum absolute atomic E-state index is 0.0975. The van der Waals surface area contributed by atoms with Gasteiger partial charge in [-0.1, -0.05) is 64.0 Å². The number of amides is 1. The van der Waals surface area contributed by atoms with Crippen LogP contribution in [0.4, 0.5) is 5.69 Å². The Kier molecular flexibility index (Phi) is 11.1. The van der Waals surface area contributed by atoms with Gasteiger partial charge in [-0.05, 0) is 37.1 Å². The Balaban J connectivity index is 2.14. The van der Waals surface area contributed by atoms with Crippen molar-refractivity contribution in [3.05, 3.63) is 56.3 Å². The SMILES string of the molecule is CCCCCCn1cc(NC(=O)COc2ccc(Cl)cc2)c(=O)n(CCCCCC)c1=O. The molecule has 1 aromatic heterocycles. The summed E-state index contributed by atoms with van der Waals surface area (Å²) in [6.07, 6.45) is 9.32. The second kappa shape index (κ2) is 13.8. The van der Waals surface area contributed by atoms with E-state index in [9.17, 15) is 14.4 Å². The molecule has 8 heteroatoms. The molecule has 0 spiro atoms. The highest BCUT2D eigenvalue weighted by atomic mass is 35.5. The maximum atomic E-state index is 12.9. The molecule has 0 aliphatic carbocycles. The largest absolute Gasteiger partial charge is 0.484 e. The number of aromatic nitrogens is 2. The van der Waals surface area contributed by atoms with E-state index in [0.29, 0.717) is 23.9 Å². The molecule has 1 aromatic carbocycles. The van der Waals surface area contributed by atoms with Gasteiger partial charge in [-0.2, -0.15) is 0 Å². The molecule has 1 heterocycles. The first-order chi connectivity index (χ1) is 15.5. The zero-order valence-corrected chi connectivity index (χ0v) is 19.8. The molecule has 176 valence electrons. The summed E-state index contributed by atoms with van der Waals surface area (Å²) in [5.74, 6) is 0.0320. The van der Waals surface area contributed by atoms with Crippen LogP contribution in [-0.2, 0) is 17.9 Å². The van der Waals surface area contributed by atoms with Gasteiger partial charge in [-0.25, -0.2) is 4.79 Å². The Morgan fingerprint density at radius 2 is 1.56 bits per heavy atom. The summed E-state index contributed by atoms with van der Waals surface area (Å²) < 4.78 is 8.23. The zero-order valence-electron chi connectivity index (χ0n) is 19.1. The lowest BCUT2D eigenvalue weighted by Gasteiger charge is -2.14. The standard InChI is InChI=1S/C24H34ClN3O4/c1-3-5-7-9-15-27-17-21(23(30)28(24(27)31)16-10-8-6-4-2)26-22(29)18-32-20-13-11-19(25)12-14-20/h11-14,17H,3-10,15-16,18H2,1-2H3,(H,26,29). The fourth-order valence-corrected chi connectivity index (χ4v) is 3.49. The molecule has 0 fully saturated rings. The van der Waals surface area contributed by atoms with Gasteiger partial charge >= 0.3 is 5.69 Å². The van der Waals surface area contributed by atoms with Crippen LogP contribution in [-0.4, -0.2) is 21.6 Å². The van der Waals surface area contributed by atoms with E-state index in [0.717, 1.165) is 51.4 Å². The van der Waals surface area contributed by atoms with E-state index in [4.69, 9.17) is 16.3 Å². The van der Waals surface area contributed by atoms with Gasteiger partial charge in [0.2, 0.25) is 0 Å². The molecule has 32 heavy (non-hydrogen) atoms. The molecule has 0 atom stereocenters. The number of anilines is 1. The van der Waals surface area contributed by atoms with Gasteiger partial charge in [0.1, 0.15) is 11.4 Å². The maximum Gasteiger partial charge on any atom is 0.331 e. The molecule has 0 aliphatic rings. The van der Waals surface area contributed by atoms with Gasteiger partial charge in [0, 0.05) is 24.3 Å². The summed E-state index contributed by atoms with van der Waals surface area (Å²) >= 11 is 5.85. The number of nitrogens with zero attached hydrogens (tertiary/aromatic N) is 2. The first-order valence-corrected chi connectivity index (χ1v) is 11.9. The van der Waals surface area contributed by atoms with E-state index < -0.39 is 11.5 Å². The highest BCUT2D eigenvalue weighted by Gasteiger charge is 2.14. The molecular weight excluding hydrogens is 430 g/mol. The van der Waals surface area contributed by atoms with Crippen LogP contribution < -0.4 is 21.3 Å². The van der Waals surface area contributed by atoms with Crippen LogP contribution in [0.2, 0.25) is 5.02 Å². The Labute approximate surface area is 194 Å². The van der Waals surface area contributed by atoms with Crippen LogP contribution in [0.15, 0.2) is 40.1 Å². The molecular formula is C24H34ClN3O4. The summed E-state index contributed by atoms with van der Waals surface area (Å²) in [6, 6.07) is 6.66. The second-order valence-corrected chi connectivity index (χ2v) is 8.32. The Morgan fingerprint density at radius 1 is 0.938 bits per heavy atom. The van der Waals surface area contributed by atoms with Gasteiger partial charge < -0.3 is 10.1 Å². The highest BCUT2D eigenvalue weighted by Crippen LogP contribution is 2.15. The number of hydrogen-bond acceptors (Lipinski definition) is 4. The first kappa shape index (κ1) is 25.7. The predicted octanol–water partition coefficient (Wildman–Crippen LogP) is 4.84. The number of hydrogen-bond donors (Lipinski definition) is 1. The second-order valence-electron chi connectivity index (χ2n) is 7.89. The highest BCUT2D eigenvalue weighted by molar-refractivity contribution is 6.30. The summed E-state index contributed by atoms with van der Waals surface area (Å²) in [4.78, 5) is 38.2. The fourth-order valence-electron chi connectivity index (χ4n) is 3.37. The number of carbonyl (C=O) groups excluding carboxylic acids is 1. The Morgan fingerprint density at radius 3 is 2.19 bits per heavy atom. The monoisotopic (exact) mass is 463 g/mol. The quantitative estimate of drug-likeness (QED) is 0.406. The molecule has 1 N–H and O–H groups in total. The van der Waals surface area contributed by atoms with Crippen molar-refractivity contribution in [1.29, 1.82) is 0 Å². The van der Waals surface area contributed by atoms with Crippen molar-refractivity contribution in [3.63, 3.8) is 0 Å². The molecule has 0 saturated heterocycles. The molecule has 1 amide bonds. The van der Waals surface area contributed by atoms with E-state index in [2.05, 4.69) is 19.2 Å². The average molecular weight is 464 g/mol. The van der Waals surface area contributed by atoms with Crippen molar-refractivity contribution in [3.8, 4) is 5.75 Å². The summed E-state index contributed by atoms with van der Waals surface area (Å²) in [6.45, 7) is 4.84. The van der Waals surface area contributed by atoms with Crippen molar-refractivity contribution in [1.82, 2.24) is 9.13 Å². The van der Waals surface area contributed by atoms with Gasteiger partial charge in [0.25, 0.3) is 11.5 Å². The molecule has 0 radical (unpaired) electrons. The van der Waals surface area contributed by atoms with E-state index in [1.807, 2.05) is 0 Å². The van der Waals surface area contributed by atoms with Crippen LogP contribution in [0.3, 0.4) is 0 Å². The third-order valence-corrected chi connectivity index (χ3v) is 5.43. The molecule has 7 nitrogen and oxygen atoms in total. The van der Waals surface area contributed by atoms with Crippen molar-refractivity contribution in [2.75, 3.05) is 11.9 Å². The summed E-state index contributed by atoms with van der Waals surface area (Å²) in [5, 5.41) is 3.19. The van der Waals surface area contributed by atoms with Crippen LogP contribution >= 0.6 is 11.6 Å². The lowest BCUT2D eigenvalue weighted by Crippen LogP contribution is -2.41. The average Bonchev–Trinajstić information content (AvgIpc) is 2.78. The Bertz CT molecular complexity index is 967. The topological polar surface area (TPSA) is 82.3 Å². The van der Waals surface area contributed by atoms with Gasteiger partial charge in [-0.3, -0.25) is 18.7 Å². The molecule has 0 aliphatic heterocycles. The summed E-state index contributed by atoms with van der Waals surface area (Å²) in [7, 11) is 0. The van der Waals surface area contributed by atoms with E-state index >= 15 is 0 Å². The number of nitrogens with one attached hydrogen (secondary N) is 1. The number of carbonyl (C=O) groups is 1. The fraction of sp³-hybridized carbons (Fsp3) is 0.542. The van der Waals surface area contributed by atoms with E-state index in [-0.39, 0.29) is 18.0 Å². The van der Waals surface area contributed by atoms with Crippen LogP contribution in [0.25, 0.3) is 0 Å². The number of unbranched alkanes of at least 4 members (excludes halogenated alkanes) is 6. The lowest BCUT2D eigenvalue weighted by atomic mass is 10.2. The van der Waals surface area contributed by atoms with Gasteiger partial charge in [-0.15, -0.1) is 0 Å². The van der Waals surface area contributed by atoms with Crippen LogP contribution in [0.5, 0.6) is 5.75 Å². The van der Waals surface area contributed by atoms with Crippen molar-refractivity contribution >= 4 is 23.2 Å². The molecule has 2 aromatic rings. The van der Waals surface area contributed by atoms with Crippen molar-refractivity contribution in [2.45, 2.75) is 78.3 Å². The molecule has 0 bridgehead atoms. The Hall–Kier alpha value is -2.54. The smallest absolute Gasteiger partial charge is 0.331 e. The van der Waals surface area contributed by atoms with Crippen molar-refractivity contribution in [2.24, 2.45) is 0 Å². The zero-order chi connectivity index (χ0) is 23.3. The van der Waals surface area contributed by atoms with Crippen LogP contribution in [0, 0.1) is 0 Å². The predicted molar refractivity (Wildman–Crippen MR) is 129 cm³/mol. The van der Waals surface area contributed by atoms with E-state index in [1.165, 1.54) is 15.3 Å². The van der Waals surface area contributed by atoms with Crippen molar-refractivity contribution < 1.29 is 9.53 Å². The number of benzene rings is 1. The van der Waals surface area contributed by atoms with Gasteiger partial charge in [0.15, 0.2) is 6.61 Å². The normalized spacial score (nSPS) is 10.8. The maximum absolute atomic E-state index is 12.9. The number of rotatable bonds is 14. The van der Waals surface area contributed by atoms with Crippen LogP contribution in [0.1, 0.15) is 65.2 Å². The third kappa shape index (κ3) is 8.19. The molecule has 0 saturated carbocycles. The molecule has 0 unspecified atom stereocenters. The summed E-state index contributed by atoms with van der Waals surface area (Å²) in [5.41, 5.74) is -0.699.